The SMILES string of the molecule is CSc1ccccc1C(=O)NCCN1CCN(C(=O)OC(C)(C)C)CC1. The Balaban J connectivity index is 1.72. The van der Waals surface area contributed by atoms with Crippen molar-refractivity contribution in [3.8, 4) is 0 Å². The van der Waals surface area contributed by atoms with E-state index in [1.54, 1.807) is 16.7 Å². The summed E-state index contributed by atoms with van der Waals surface area (Å²) in [6.07, 6.45) is 1.72. The van der Waals surface area contributed by atoms with E-state index in [1.807, 2.05) is 51.3 Å². The van der Waals surface area contributed by atoms with Gasteiger partial charge < -0.3 is 15.0 Å². The Kier molecular flexibility index (Phi) is 7.34. The molecule has 26 heavy (non-hydrogen) atoms. The van der Waals surface area contributed by atoms with Crippen LogP contribution in [-0.2, 0) is 4.74 Å². The van der Waals surface area contributed by atoms with Gasteiger partial charge in [-0.25, -0.2) is 4.79 Å². The highest BCUT2D eigenvalue weighted by Crippen LogP contribution is 2.19. The van der Waals surface area contributed by atoms with Crippen LogP contribution in [0.25, 0.3) is 0 Å². The Morgan fingerprint density at radius 1 is 1.15 bits per heavy atom. The topological polar surface area (TPSA) is 61.9 Å². The maximum absolute atomic E-state index is 12.3. The highest BCUT2D eigenvalue weighted by Gasteiger charge is 2.25. The number of piperazine rings is 1. The number of thioether (sulfide) groups is 1. The number of nitrogens with one attached hydrogen (secondary N) is 1. The lowest BCUT2D eigenvalue weighted by Gasteiger charge is -2.35. The second-order valence-electron chi connectivity index (χ2n) is 7.27. The Morgan fingerprint density at radius 3 is 2.42 bits per heavy atom. The molecule has 144 valence electrons. The normalized spacial score (nSPS) is 15.6. The van der Waals surface area contributed by atoms with Gasteiger partial charge in [-0.2, -0.15) is 0 Å². The number of benzene rings is 1. The highest BCUT2D eigenvalue weighted by atomic mass is 32.2. The molecule has 0 saturated carbocycles. The molecule has 1 saturated heterocycles. The third kappa shape index (κ3) is 6.21. The monoisotopic (exact) mass is 379 g/mol. The first-order valence-electron chi connectivity index (χ1n) is 8.91. The van der Waals surface area contributed by atoms with Crippen molar-refractivity contribution in [1.82, 2.24) is 15.1 Å². The van der Waals surface area contributed by atoms with Crippen molar-refractivity contribution in [2.24, 2.45) is 0 Å². The second-order valence-corrected chi connectivity index (χ2v) is 8.11. The molecule has 1 heterocycles. The van der Waals surface area contributed by atoms with Gasteiger partial charge in [0, 0.05) is 44.2 Å². The molecule has 1 aromatic rings. The van der Waals surface area contributed by atoms with E-state index in [1.165, 1.54) is 0 Å². The van der Waals surface area contributed by atoms with Gasteiger partial charge in [0.05, 0.1) is 5.56 Å². The molecule has 1 aromatic carbocycles. The molecule has 2 amide bonds. The number of carbonyl (C=O) groups excluding carboxylic acids is 2. The first kappa shape index (κ1) is 20.6. The smallest absolute Gasteiger partial charge is 0.410 e. The molecule has 1 N–H and O–H groups in total. The summed E-state index contributed by atoms with van der Waals surface area (Å²) in [4.78, 5) is 29.4. The van der Waals surface area contributed by atoms with Crippen molar-refractivity contribution in [2.45, 2.75) is 31.3 Å². The molecule has 0 atom stereocenters. The van der Waals surface area contributed by atoms with Crippen molar-refractivity contribution >= 4 is 23.8 Å². The van der Waals surface area contributed by atoms with Crippen LogP contribution >= 0.6 is 11.8 Å². The van der Waals surface area contributed by atoms with Crippen LogP contribution in [0, 0.1) is 0 Å². The molecule has 1 aliphatic rings. The summed E-state index contributed by atoms with van der Waals surface area (Å²) in [5.41, 5.74) is 0.251. The number of rotatable bonds is 5. The van der Waals surface area contributed by atoms with Crippen LogP contribution in [-0.4, -0.2) is 72.9 Å². The van der Waals surface area contributed by atoms with E-state index < -0.39 is 5.60 Å². The second kappa shape index (κ2) is 9.28. The van der Waals surface area contributed by atoms with Gasteiger partial charge in [-0.05, 0) is 39.2 Å². The van der Waals surface area contributed by atoms with Crippen molar-refractivity contribution in [3.05, 3.63) is 29.8 Å². The third-order valence-electron chi connectivity index (χ3n) is 4.09. The molecule has 0 bridgehead atoms. The summed E-state index contributed by atoms with van der Waals surface area (Å²) in [5, 5.41) is 2.99. The van der Waals surface area contributed by atoms with Crippen LogP contribution in [0.1, 0.15) is 31.1 Å². The van der Waals surface area contributed by atoms with Gasteiger partial charge in [0.25, 0.3) is 5.91 Å². The summed E-state index contributed by atoms with van der Waals surface area (Å²) in [7, 11) is 0. The standard InChI is InChI=1S/C19H29N3O3S/c1-19(2,3)25-18(24)22-13-11-21(12-14-22)10-9-20-17(23)15-7-5-6-8-16(15)26-4/h5-8H,9-14H2,1-4H3,(H,20,23). The predicted octanol–water partition coefficient (Wildman–Crippen LogP) is 2.69. The maximum Gasteiger partial charge on any atom is 0.410 e. The lowest BCUT2D eigenvalue weighted by molar-refractivity contribution is 0.0147. The van der Waals surface area contributed by atoms with Gasteiger partial charge in [-0.15, -0.1) is 11.8 Å². The van der Waals surface area contributed by atoms with Crippen molar-refractivity contribution in [1.29, 1.82) is 0 Å². The minimum absolute atomic E-state index is 0.0395. The lowest BCUT2D eigenvalue weighted by atomic mass is 10.2. The maximum atomic E-state index is 12.3. The Morgan fingerprint density at radius 2 is 1.81 bits per heavy atom. The average Bonchev–Trinajstić information content (AvgIpc) is 2.60. The molecule has 0 aromatic heterocycles. The van der Waals surface area contributed by atoms with Crippen LogP contribution in [0.2, 0.25) is 0 Å². The third-order valence-corrected chi connectivity index (χ3v) is 4.88. The number of carbonyl (C=O) groups is 2. The molecule has 1 aliphatic heterocycles. The van der Waals surface area contributed by atoms with E-state index in [9.17, 15) is 9.59 Å². The molecule has 0 spiro atoms. The Bertz CT molecular complexity index is 623. The zero-order chi connectivity index (χ0) is 19.2. The first-order valence-corrected chi connectivity index (χ1v) is 10.1. The zero-order valence-corrected chi connectivity index (χ0v) is 16.9. The molecule has 6 nitrogen and oxygen atoms in total. The summed E-state index contributed by atoms with van der Waals surface area (Å²) >= 11 is 1.57. The predicted molar refractivity (Wildman–Crippen MR) is 105 cm³/mol. The van der Waals surface area contributed by atoms with Crippen LogP contribution < -0.4 is 5.32 Å². The summed E-state index contributed by atoms with van der Waals surface area (Å²) in [5.74, 6) is -0.0395. The van der Waals surface area contributed by atoms with Crippen LogP contribution in [0.15, 0.2) is 29.2 Å². The van der Waals surface area contributed by atoms with E-state index in [4.69, 9.17) is 4.74 Å². The van der Waals surface area contributed by atoms with Crippen molar-refractivity contribution in [2.75, 3.05) is 45.5 Å². The molecular formula is C19H29N3O3S. The van der Waals surface area contributed by atoms with Crippen LogP contribution in [0.3, 0.4) is 0 Å². The number of hydrogen-bond donors (Lipinski definition) is 1. The number of nitrogens with zero attached hydrogens (tertiary/aromatic N) is 2. The van der Waals surface area contributed by atoms with Gasteiger partial charge in [0.15, 0.2) is 0 Å². The fourth-order valence-electron chi connectivity index (χ4n) is 2.74. The fourth-order valence-corrected chi connectivity index (χ4v) is 3.33. The van der Waals surface area contributed by atoms with E-state index >= 15 is 0 Å². The largest absolute Gasteiger partial charge is 0.444 e. The average molecular weight is 380 g/mol. The number of ether oxygens (including phenoxy) is 1. The minimum atomic E-state index is -0.467. The fraction of sp³-hybridized carbons (Fsp3) is 0.579. The Labute approximate surface area is 160 Å². The summed E-state index contributed by atoms with van der Waals surface area (Å²) in [6, 6.07) is 7.62. The van der Waals surface area contributed by atoms with E-state index in [2.05, 4.69) is 10.2 Å². The van der Waals surface area contributed by atoms with Gasteiger partial charge in [0.2, 0.25) is 0 Å². The Hall–Kier alpha value is -1.73. The van der Waals surface area contributed by atoms with E-state index in [0.29, 0.717) is 19.6 Å². The molecule has 0 radical (unpaired) electrons. The van der Waals surface area contributed by atoms with Crippen LogP contribution in [0.5, 0.6) is 0 Å². The van der Waals surface area contributed by atoms with Gasteiger partial charge >= 0.3 is 6.09 Å². The van der Waals surface area contributed by atoms with Crippen molar-refractivity contribution in [3.63, 3.8) is 0 Å². The molecule has 7 heteroatoms. The summed E-state index contributed by atoms with van der Waals surface area (Å²) < 4.78 is 5.41. The molecule has 0 aliphatic carbocycles. The molecular weight excluding hydrogens is 350 g/mol. The first-order chi connectivity index (χ1) is 12.3. The highest BCUT2D eigenvalue weighted by molar-refractivity contribution is 7.98. The van der Waals surface area contributed by atoms with E-state index in [-0.39, 0.29) is 12.0 Å². The molecule has 2 rings (SSSR count). The minimum Gasteiger partial charge on any atom is -0.444 e. The van der Waals surface area contributed by atoms with Gasteiger partial charge in [-0.3, -0.25) is 9.69 Å². The summed E-state index contributed by atoms with van der Waals surface area (Å²) in [6.45, 7) is 9.86. The van der Waals surface area contributed by atoms with Gasteiger partial charge in [0.1, 0.15) is 5.60 Å². The van der Waals surface area contributed by atoms with Gasteiger partial charge in [-0.1, -0.05) is 12.1 Å². The van der Waals surface area contributed by atoms with E-state index in [0.717, 1.165) is 30.1 Å². The number of amides is 2. The van der Waals surface area contributed by atoms with Crippen molar-refractivity contribution < 1.29 is 14.3 Å². The quantitative estimate of drug-likeness (QED) is 0.797. The zero-order valence-electron chi connectivity index (χ0n) is 16.1. The lowest BCUT2D eigenvalue weighted by Crippen LogP contribution is -2.51. The molecule has 0 unspecified atom stereocenters. The molecule has 1 fully saturated rings. The number of hydrogen-bond acceptors (Lipinski definition) is 5. The van der Waals surface area contributed by atoms with Crippen LogP contribution in [0.4, 0.5) is 4.79 Å².